The summed E-state index contributed by atoms with van der Waals surface area (Å²) >= 11 is 0.791. The summed E-state index contributed by atoms with van der Waals surface area (Å²) in [5.41, 5.74) is 4.70. The number of thioether (sulfide) groups is 1. The molecule has 0 fully saturated rings. The maximum absolute atomic E-state index is 12.3. The van der Waals surface area contributed by atoms with Gasteiger partial charge in [0, 0.05) is 12.2 Å². The van der Waals surface area contributed by atoms with Crippen LogP contribution in [0.15, 0.2) is 5.16 Å². The van der Waals surface area contributed by atoms with Crippen LogP contribution < -0.4 is 16.9 Å². The van der Waals surface area contributed by atoms with Crippen molar-refractivity contribution in [3.8, 4) is 0 Å². The van der Waals surface area contributed by atoms with Crippen molar-refractivity contribution in [2.24, 2.45) is 5.73 Å². The van der Waals surface area contributed by atoms with Gasteiger partial charge in [0.25, 0.3) is 5.82 Å². The Morgan fingerprint density at radius 1 is 1.37 bits per heavy atom. The molecule has 1 aromatic heterocycles. The average Bonchev–Trinajstić information content (AvgIpc) is 2.58. The normalized spacial score (nSPS) is 11.3. The zero-order valence-electron chi connectivity index (χ0n) is 9.27. The van der Waals surface area contributed by atoms with E-state index in [4.69, 9.17) is 11.6 Å². The summed E-state index contributed by atoms with van der Waals surface area (Å²) in [5.74, 6) is 3.23. The van der Waals surface area contributed by atoms with Crippen molar-refractivity contribution in [2.45, 2.75) is 17.8 Å². The molecule has 0 atom stereocenters. The third-order valence-electron chi connectivity index (χ3n) is 1.74. The van der Waals surface area contributed by atoms with E-state index >= 15 is 0 Å². The molecule has 3 amide bonds. The number of carbonyl (C=O) groups is 2. The highest BCUT2D eigenvalue weighted by Crippen LogP contribution is 2.28. The van der Waals surface area contributed by atoms with Gasteiger partial charge in [0.05, 0.1) is 0 Å². The molecule has 1 heterocycles. The van der Waals surface area contributed by atoms with Crippen molar-refractivity contribution in [3.63, 3.8) is 0 Å². The van der Waals surface area contributed by atoms with Crippen molar-refractivity contribution >= 4 is 23.7 Å². The number of hydrogen-bond donors (Lipinski definition) is 3. The van der Waals surface area contributed by atoms with E-state index < -0.39 is 23.9 Å². The van der Waals surface area contributed by atoms with Gasteiger partial charge in [-0.3, -0.25) is 10.1 Å². The van der Waals surface area contributed by atoms with Gasteiger partial charge in [-0.25, -0.2) is 9.47 Å². The topological polar surface area (TPSA) is 129 Å². The zero-order chi connectivity index (χ0) is 14.6. The Labute approximate surface area is 108 Å². The highest BCUT2D eigenvalue weighted by atomic mass is 32.2. The molecule has 0 saturated carbocycles. The first-order chi connectivity index (χ1) is 8.71. The fraction of sp³-hybridized carbons (Fsp3) is 0.429. The van der Waals surface area contributed by atoms with Crippen LogP contribution in [0.4, 0.5) is 18.0 Å². The number of aromatic nitrogens is 3. The van der Waals surface area contributed by atoms with E-state index in [0.717, 1.165) is 11.8 Å². The van der Waals surface area contributed by atoms with Crippen molar-refractivity contribution < 1.29 is 22.8 Å². The van der Waals surface area contributed by atoms with E-state index in [0.29, 0.717) is 0 Å². The molecule has 0 radical (unpaired) electrons. The number of imide groups is 1. The van der Waals surface area contributed by atoms with Gasteiger partial charge in [0.15, 0.2) is 0 Å². The molecule has 0 saturated heterocycles. The second-order valence-electron chi connectivity index (χ2n) is 3.18. The molecule has 5 N–H and O–H groups in total. The average molecular weight is 298 g/mol. The van der Waals surface area contributed by atoms with Crippen molar-refractivity contribution in [1.29, 1.82) is 0 Å². The Bertz CT molecular complexity index is 488. The molecule has 1 rings (SSSR count). The van der Waals surface area contributed by atoms with E-state index in [1.807, 2.05) is 0 Å². The Kier molecular flexibility index (Phi) is 4.58. The summed E-state index contributed by atoms with van der Waals surface area (Å²) in [5, 5.41) is 7.76. The molecule has 1 aromatic rings. The lowest BCUT2D eigenvalue weighted by molar-refractivity contribution is -0.146. The summed E-state index contributed by atoms with van der Waals surface area (Å²) in [6.45, 7) is 0. The number of urea groups is 1. The summed E-state index contributed by atoms with van der Waals surface area (Å²) < 4.78 is 37.3. The van der Waals surface area contributed by atoms with Gasteiger partial charge >= 0.3 is 12.2 Å². The number of alkyl halides is 3. The number of halogens is 3. The molecule has 0 aliphatic rings. The fourth-order valence-electron chi connectivity index (χ4n) is 1.00. The summed E-state index contributed by atoms with van der Waals surface area (Å²) in [4.78, 5) is 21.3. The molecule has 12 heteroatoms. The maximum Gasteiger partial charge on any atom is 0.453 e. The molecule has 0 aliphatic carbocycles. The predicted molar refractivity (Wildman–Crippen MR) is 58.2 cm³/mol. The van der Waals surface area contributed by atoms with Gasteiger partial charge in [0.1, 0.15) is 0 Å². The first-order valence-corrected chi connectivity index (χ1v) is 5.70. The van der Waals surface area contributed by atoms with Crippen LogP contribution in [0.1, 0.15) is 12.2 Å². The lowest BCUT2D eigenvalue weighted by Gasteiger charge is -2.05. The Morgan fingerprint density at radius 2 is 2.00 bits per heavy atom. The molecular formula is C7H9F3N6O2S. The monoisotopic (exact) mass is 298 g/mol. The minimum Gasteiger partial charge on any atom is -0.351 e. The molecule has 0 unspecified atom stereocenters. The quantitative estimate of drug-likeness (QED) is 0.516. The molecule has 0 aromatic carbocycles. The van der Waals surface area contributed by atoms with Crippen LogP contribution in [-0.2, 0) is 11.0 Å². The third kappa shape index (κ3) is 4.31. The lowest BCUT2D eigenvalue weighted by Crippen LogP contribution is -2.35. The van der Waals surface area contributed by atoms with Crippen LogP contribution in [0, 0.1) is 0 Å². The fourth-order valence-corrected chi connectivity index (χ4v) is 1.80. The molecule has 8 nitrogen and oxygen atoms in total. The largest absolute Gasteiger partial charge is 0.453 e. The first-order valence-electron chi connectivity index (χ1n) is 4.71. The van der Waals surface area contributed by atoms with Gasteiger partial charge in [0.2, 0.25) is 11.1 Å². The summed E-state index contributed by atoms with van der Waals surface area (Å²) in [6.07, 6.45) is -4.84. The number of carbonyl (C=O) groups excluding carboxylic acids is 2. The number of nitrogens with two attached hydrogens (primary N) is 2. The number of amides is 3. The van der Waals surface area contributed by atoms with Crippen molar-refractivity contribution in [3.05, 3.63) is 5.82 Å². The summed E-state index contributed by atoms with van der Waals surface area (Å²) in [6, 6.07) is -1.00. The van der Waals surface area contributed by atoms with E-state index in [9.17, 15) is 22.8 Å². The van der Waals surface area contributed by atoms with E-state index in [1.165, 1.54) is 0 Å². The van der Waals surface area contributed by atoms with Crippen LogP contribution in [-0.4, -0.2) is 32.6 Å². The Hall–Kier alpha value is -1.98. The smallest absolute Gasteiger partial charge is 0.351 e. The van der Waals surface area contributed by atoms with Crippen LogP contribution in [0.25, 0.3) is 0 Å². The second-order valence-corrected chi connectivity index (χ2v) is 4.25. The number of rotatable bonds is 4. The van der Waals surface area contributed by atoms with Crippen molar-refractivity contribution in [2.75, 3.05) is 11.6 Å². The van der Waals surface area contributed by atoms with Crippen LogP contribution in [0.3, 0.4) is 0 Å². The van der Waals surface area contributed by atoms with Gasteiger partial charge in [-0.1, -0.05) is 11.8 Å². The molecule has 0 bridgehead atoms. The minimum absolute atomic E-state index is 0.0618. The molecule has 0 spiro atoms. The molecule has 19 heavy (non-hydrogen) atoms. The zero-order valence-corrected chi connectivity index (χ0v) is 10.1. The maximum atomic E-state index is 12.3. The van der Waals surface area contributed by atoms with Gasteiger partial charge in [-0.15, -0.1) is 10.2 Å². The molecular weight excluding hydrogens is 289 g/mol. The van der Waals surface area contributed by atoms with E-state index in [-0.39, 0.29) is 22.0 Å². The molecule has 0 aliphatic heterocycles. The minimum atomic E-state index is -4.70. The number of nitrogen functional groups attached to an aromatic ring is 1. The number of hydrogen-bond acceptors (Lipinski definition) is 6. The van der Waals surface area contributed by atoms with Crippen LogP contribution in [0.2, 0.25) is 0 Å². The van der Waals surface area contributed by atoms with Crippen molar-refractivity contribution in [1.82, 2.24) is 20.2 Å². The highest BCUT2D eigenvalue weighted by Gasteiger charge is 2.38. The Morgan fingerprint density at radius 3 is 2.47 bits per heavy atom. The highest BCUT2D eigenvalue weighted by molar-refractivity contribution is 7.99. The van der Waals surface area contributed by atoms with Gasteiger partial charge in [-0.05, 0) is 0 Å². The molecule has 106 valence electrons. The third-order valence-corrected chi connectivity index (χ3v) is 2.69. The Balaban J connectivity index is 2.53. The number of nitrogens with zero attached hydrogens (tertiary/aromatic N) is 3. The van der Waals surface area contributed by atoms with Crippen LogP contribution >= 0.6 is 11.8 Å². The standard InChI is InChI=1S/C7H9F3N6O2S/c8-7(9,10)4-14-15-6(16(4)12)19-2-1-3(17)13-5(11)18/h1-2,12H2,(H3,11,13,17,18). The second kappa shape index (κ2) is 5.77. The summed E-state index contributed by atoms with van der Waals surface area (Å²) in [7, 11) is 0. The SMILES string of the molecule is NC(=O)NC(=O)CCSc1nnc(C(F)(F)F)n1N. The van der Waals surface area contributed by atoms with Gasteiger partial charge in [-0.2, -0.15) is 13.2 Å². The van der Waals surface area contributed by atoms with E-state index in [2.05, 4.69) is 10.2 Å². The lowest BCUT2D eigenvalue weighted by atomic mass is 10.4. The number of primary amides is 1. The van der Waals surface area contributed by atoms with E-state index in [1.54, 1.807) is 5.32 Å². The van der Waals surface area contributed by atoms with Crippen LogP contribution in [0.5, 0.6) is 0 Å². The predicted octanol–water partition coefficient (Wildman–Crippen LogP) is -0.312. The van der Waals surface area contributed by atoms with Gasteiger partial charge < -0.3 is 11.6 Å². The first kappa shape index (κ1) is 15.1. The number of nitrogens with one attached hydrogen (secondary N) is 1.